The van der Waals surface area contributed by atoms with Gasteiger partial charge in [-0.25, -0.2) is 14.4 Å². The number of likely N-dealkylation sites (N-methyl/N-ethyl adjacent to an activating group) is 1. The molecule has 5 rings (SSSR count). The fourth-order valence-corrected chi connectivity index (χ4v) is 6.53. The second-order valence-corrected chi connectivity index (χ2v) is 11.9. The van der Waals surface area contributed by atoms with E-state index < -0.39 is 20.7 Å². The van der Waals surface area contributed by atoms with E-state index in [1.54, 1.807) is 12.1 Å². The first kappa shape index (κ1) is 29.2. The van der Waals surface area contributed by atoms with E-state index in [2.05, 4.69) is 14.9 Å². The van der Waals surface area contributed by atoms with Crippen LogP contribution in [0.15, 0.2) is 59.6 Å². The summed E-state index contributed by atoms with van der Waals surface area (Å²) in [5.74, 6) is -0.595. The fraction of sp³-hybridized carbons (Fsp3) is 0.321. The normalized spacial score (nSPS) is 15.1. The molecular formula is C28H31FN6O6S. The van der Waals surface area contributed by atoms with Crippen LogP contribution in [0.25, 0.3) is 22.2 Å². The second kappa shape index (κ2) is 11.5. The lowest BCUT2D eigenvalue weighted by Gasteiger charge is -2.43. The van der Waals surface area contributed by atoms with Gasteiger partial charge in [0.15, 0.2) is 4.90 Å². The van der Waals surface area contributed by atoms with Crippen molar-refractivity contribution in [3.8, 4) is 17.0 Å². The number of pyridine rings is 1. The number of aromatic nitrogens is 3. The van der Waals surface area contributed by atoms with Crippen molar-refractivity contribution in [1.29, 1.82) is 0 Å². The van der Waals surface area contributed by atoms with Crippen LogP contribution in [-0.2, 0) is 30.9 Å². The molecule has 2 aromatic carbocycles. The number of nitrogens with two attached hydrogens (primary N) is 1. The molecular weight excluding hydrogens is 567 g/mol. The van der Waals surface area contributed by atoms with Gasteiger partial charge < -0.3 is 29.5 Å². The SMILES string of the molecule is COc1ncc(-c2ccc3nc(N)n(CC4(N(C)C)CCOCC4)c3c2)cc1S(=O)(=O)N(OC=O)c1cccc(F)c1. The van der Waals surface area contributed by atoms with Crippen LogP contribution in [0, 0.1) is 5.82 Å². The van der Waals surface area contributed by atoms with Crippen molar-refractivity contribution in [3.05, 3.63) is 60.5 Å². The molecule has 0 saturated carbocycles. The number of carbonyl (C=O) groups is 1. The second-order valence-electron chi connectivity index (χ2n) is 10.1. The Morgan fingerprint density at radius 3 is 2.57 bits per heavy atom. The van der Waals surface area contributed by atoms with Crippen LogP contribution < -0.4 is 14.9 Å². The first-order chi connectivity index (χ1) is 20.1. The van der Waals surface area contributed by atoms with Crippen molar-refractivity contribution in [1.82, 2.24) is 19.4 Å². The van der Waals surface area contributed by atoms with Crippen LogP contribution in [0.3, 0.4) is 0 Å². The van der Waals surface area contributed by atoms with E-state index in [0.717, 1.165) is 30.5 Å². The Kier molecular flexibility index (Phi) is 8.03. The number of nitrogens with zero attached hydrogens (tertiary/aromatic N) is 5. The van der Waals surface area contributed by atoms with E-state index >= 15 is 0 Å². The molecule has 42 heavy (non-hydrogen) atoms. The summed E-state index contributed by atoms with van der Waals surface area (Å²) in [6.07, 6.45) is 3.12. The smallest absolute Gasteiger partial charge is 0.322 e. The van der Waals surface area contributed by atoms with Crippen molar-refractivity contribution in [2.24, 2.45) is 0 Å². The summed E-state index contributed by atoms with van der Waals surface area (Å²) < 4.78 is 54.6. The van der Waals surface area contributed by atoms with Crippen LogP contribution in [0.4, 0.5) is 16.0 Å². The molecule has 3 heterocycles. The molecule has 222 valence electrons. The third kappa shape index (κ3) is 5.35. The topological polar surface area (TPSA) is 142 Å². The molecule has 1 fully saturated rings. The fourth-order valence-electron chi connectivity index (χ4n) is 5.18. The van der Waals surface area contributed by atoms with Crippen LogP contribution in [0.5, 0.6) is 5.88 Å². The first-order valence-corrected chi connectivity index (χ1v) is 14.5. The number of methoxy groups -OCH3 is 1. The third-order valence-electron chi connectivity index (χ3n) is 7.60. The molecule has 0 spiro atoms. The number of halogens is 1. The molecule has 1 aliphatic heterocycles. The zero-order chi connectivity index (χ0) is 30.1. The molecule has 0 atom stereocenters. The Labute approximate surface area is 242 Å². The van der Waals surface area contributed by atoms with Gasteiger partial charge in [-0.2, -0.15) is 8.42 Å². The maximum atomic E-state index is 13.9. The van der Waals surface area contributed by atoms with E-state index in [-0.39, 0.29) is 23.6 Å². The molecule has 12 nitrogen and oxygen atoms in total. The maximum Gasteiger partial charge on any atom is 0.322 e. The monoisotopic (exact) mass is 598 g/mol. The molecule has 0 radical (unpaired) electrons. The zero-order valence-corrected chi connectivity index (χ0v) is 24.2. The summed E-state index contributed by atoms with van der Waals surface area (Å²) >= 11 is 0. The number of hydrogen-bond donors (Lipinski definition) is 1. The van der Waals surface area contributed by atoms with Gasteiger partial charge in [0.2, 0.25) is 11.8 Å². The Morgan fingerprint density at radius 1 is 1.14 bits per heavy atom. The van der Waals surface area contributed by atoms with Crippen molar-refractivity contribution >= 4 is 39.2 Å². The number of imidazole rings is 1. The average Bonchev–Trinajstić information content (AvgIpc) is 3.29. The summed E-state index contributed by atoms with van der Waals surface area (Å²) in [5, 5.41) is 0. The lowest BCUT2D eigenvalue weighted by atomic mass is 9.88. The van der Waals surface area contributed by atoms with Crippen molar-refractivity contribution < 1.29 is 31.9 Å². The largest absolute Gasteiger partial charge is 0.480 e. The van der Waals surface area contributed by atoms with Gasteiger partial charge in [0.1, 0.15) is 5.82 Å². The zero-order valence-electron chi connectivity index (χ0n) is 23.4. The van der Waals surface area contributed by atoms with Gasteiger partial charge in [0, 0.05) is 43.1 Å². The quantitative estimate of drug-likeness (QED) is 0.214. The van der Waals surface area contributed by atoms with E-state index in [1.165, 1.54) is 31.5 Å². The van der Waals surface area contributed by atoms with Crippen molar-refractivity contribution in [2.75, 3.05) is 44.6 Å². The molecule has 0 unspecified atom stereocenters. The molecule has 0 amide bonds. The van der Waals surface area contributed by atoms with Crippen molar-refractivity contribution in [3.63, 3.8) is 0 Å². The minimum atomic E-state index is -4.62. The van der Waals surface area contributed by atoms with Gasteiger partial charge >= 0.3 is 16.5 Å². The molecule has 1 saturated heterocycles. The summed E-state index contributed by atoms with van der Waals surface area (Å²) in [4.78, 5) is 26.6. The standard InChI is InChI=1S/C28H31FN6O6S/c1-33(2)28(9-11-40-12-10-28)17-34-24-13-19(7-8-23(24)32-27(34)30)20-14-25(26(39-3)31-16-20)42(37,38)35(41-18-36)22-6-4-5-21(29)15-22/h4-8,13-16,18H,9-12,17H2,1-3H3,(H2,30,32). The number of nitrogen functional groups attached to an aromatic ring is 1. The molecule has 0 aliphatic carbocycles. The highest BCUT2D eigenvalue weighted by Gasteiger charge is 2.36. The predicted octanol–water partition coefficient (Wildman–Crippen LogP) is 3.22. The Balaban J connectivity index is 1.59. The highest BCUT2D eigenvalue weighted by molar-refractivity contribution is 7.92. The minimum Gasteiger partial charge on any atom is -0.480 e. The predicted molar refractivity (Wildman–Crippen MR) is 154 cm³/mol. The Bertz CT molecular complexity index is 1720. The van der Waals surface area contributed by atoms with E-state index in [0.29, 0.717) is 46.8 Å². The minimum absolute atomic E-state index is 0.0648. The van der Waals surface area contributed by atoms with E-state index in [4.69, 9.17) is 20.0 Å². The van der Waals surface area contributed by atoms with Gasteiger partial charge in [-0.05, 0) is 62.8 Å². The summed E-state index contributed by atoms with van der Waals surface area (Å²) in [6, 6.07) is 11.4. The van der Waals surface area contributed by atoms with Crippen LogP contribution >= 0.6 is 0 Å². The summed E-state index contributed by atoms with van der Waals surface area (Å²) in [6.45, 7) is 1.81. The van der Waals surface area contributed by atoms with Crippen LogP contribution in [0.1, 0.15) is 12.8 Å². The van der Waals surface area contributed by atoms with Gasteiger partial charge in [0.05, 0.1) is 23.8 Å². The molecule has 4 aromatic rings. The number of sulfonamides is 1. The highest BCUT2D eigenvalue weighted by atomic mass is 32.2. The average molecular weight is 599 g/mol. The number of carbonyl (C=O) groups excluding carboxylic acids is 1. The first-order valence-electron chi connectivity index (χ1n) is 13.1. The number of rotatable bonds is 10. The number of anilines is 2. The van der Waals surface area contributed by atoms with Gasteiger partial charge in [-0.15, -0.1) is 0 Å². The van der Waals surface area contributed by atoms with Crippen molar-refractivity contribution in [2.45, 2.75) is 29.8 Å². The van der Waals surface area contributed by atoms with Crippen LogP contribution in [0.2, 0.25) is 0 Å². The number of ether oxygens (including phenoxy) is 2. The summed E-state index contributed by atoms with van der Waals surface area (Å²) in [7, 11) is 0.724. The molecule has 0 bridgehead atoms. The maximum absolute atomic E-state index is 13.9. The molecule has 2 N–H and O–H groups in total. The van der Waals surface area contributed by atoms with Gasteiger partial charge in [-0.1, -0.05) is 16.6 Å². The Morgan fingerprint density at radius 2 is 1.90 bits per heavy atom. The van der Waals surface area contributed by atoms with E-state index in [1.807, 2.05) is 24.7 Å². The van der Waals surface area contributed by atoms with Crippen LogP contribution in [-0.4, -0.2) is 74.3 Å². The number of fused-ring (bicyclic) bond motifs is 1. The van der Waals surface area contributed by atoms with E-state index in [9.17, 15) is 17.6 Å². The molecule has 14 heteroatoms. The highest BCUT2D eigenvalue weighted by Crippen LogP contribution is 2.35. The third-order valence-corrected chi connectivity index (χ3v) is 9.18. The number of benzene rings is 2. The lowest BCUT2D eigenvalue weighted by molar-refractivity contribution is -0.128. The van der Waals surface area contributed by atoms with Gasteiger partial charge in [0.25, 0.3) is 0 Å². The number of hydrogen-bond acceptors (Lipinski definition) is 10. The molecule has 2 aromatic heterocycles. The summed E-state index contributed by atoms with van der Waals surface area (Å²) in [5.41, 5.74) is 8.49. The lowest BCUT2D eigenvalue weighted by Crippen LogP contribution is -2.51. The molecule has 1 aliphatic rings. The Hall–Kier alpha value is -4.27. The van der Waals surface area contributed by atoms with Gasteiger partial charge in [-0.3, -0.25) is 4.79 Å².